The summed E-state index contributed by atoms with van der Waals surface area (Å²) in [5.41, 5.74) is 0.561. The zero-order valence-electron chi connectivity index (χ0n) is 8.57. The summed E-state index contributed by atoms with van der Waals surface area (Å²) in [4.78, 5) is 0. The molecule has 0 atom stereocenters. The average molecular weight is 186 g/mol. The van der Waals surface area contributed by atoms with Crippen molar-refractivity contribution in [1.82, 2.24) is 0 Å². The lowest BCUT2D eigenvalue weighted by Crippen LogP contribution is -1.92. The molecule has 13 heavy (non-hydrogen) atoms. The predicted molar refractivity (Wildman–Crippen MR) is 51.8 cm³/mol. The number of hydrogen-bond donors (Lipinski definition) is 0. The van der Waals surface area contributed by atoms with Crippen molar-refractivity contribution < 1.29 is 8.78 Å². The molecule has 0 radical (unpaired) electrons. The Morgan fingerprint density at radius 1 is 1.08 bits per heavy atom. The van der Waals surface area contributed by atoms with E-state index in [0.29, 0.717) is 5.56 Å². The number of rotatable bonds is 1. The second kappa shape index (κ2) is 5.68. The minimum Gasteiger partial charge on any atom is -0.207 e. The first-order valence-corrected chi connectivity index (χ1v) is 4.56. The summed E-state index contributed by atoms with van der Waals surface area (Å²) in [5.74, 6) is -0.873. The van der Waals surface area contributed by atoms with Gasteiger partial charge in [-0.05, 0) is 17.5 Å². The standard InChI is InChI=1S/C9H10F2.C2H6/c1-6(2)8-4-3-7(10)5-9(8)11;1-2/h3-6H,1-2H3;1-2H3. The van der Waals surface area contributed by atoms with E-state index < -0.39 is 11.6 Å². The van der Waals surface area contributed by atoms with Gasteiger partial charge in [0.1, 0.15) is 11.6 Å². The highest BCUT2D eigenvalue weighted by atomic mass is 19.1. The third kappa shape index (κ3) is 3.53. The highest BCUT2D eigenvalue weighted by Crippen LogP contribution is 2.18. The van der Waals surface area contributed by atoms with Crippen molar-refractivity contribution in [2.75, 3.05) is 0 Å². The van der Waals surface area contributed by atoms with Crippen molar-refractivity contribution in [3.8, 4) is 0 Å². The molecule has 0 saturated carbocycles. The van der Waals surface area contributed by atoms with E-state index in [2.05, 4.69) is 0 Å². The Morgan fingerprint density at radius 3 is 2.00 bits per heavy atom. The normalized spacial score (nSPS) is 9.46. The number of halogens is 2. The van der Waals surface area contributed by atoms with E-state index in [-0.39, 0.29) is 5.92 Å². The van der Waals surface area contributed by atoms with Gasteiger partial charge in [0, 0.05) is 6.07 Å². The summed E-state index contributed by atoms with van der Waals surface area (Å²) in [6.45, 7) is 7.74. The lowest BCUT2D eigenvalue weighted by Gasteiger charge is -2.05. The van der Waals surface area contributed by atoms with E-state index in [1.54, 1.807) is 0 Å². The van der Waals surface area contributed by atoms with Gasteiger partial charge in [0.05, 0.1) is 0 Å². The van der Waals surface area contributed by atoms with E-state index >= 15 is 0 Å². The molecule has 0 unspecified atom stereocenters. The highest BCUT2D eigenvalue weighted by molar-refractivity contribution is 5.21. The van der Waals surface area contributed by atoms with E-state index in [1.807, 2.05) is 27.7 Å². The Bertz CT molecular complexity index is 254. The van der Waals surface area contributed by atoms with Gasteiger partial charge in [0.2, 0.25) is 0 Å². The summed E-state index contributed by atoms with van der Waals surface area (Å²) in [5, 5.41) is 0. The largest absolute Gasteiger partial charge is 0.207 e. The zero-order valence-corrected chi connectivity index (χ0v) is 8.57. The monoisotopic (exact) mass is 186 g/mol. The molecule has 1 aromatic rings. The van der Waals surface area contributed by atoms with Crippen LogP contribution >= 0.6 is 0 Å². The van der Waals surface area contributed by atoms with E-state index in [9.17, 15) is 8.78 Å². The molecule has 1 rings (SSSR count). The van der Waals surface area contributed by atoms with Crippen LogP contribution in [-0.4, -0.2) is 0 Å². The molecule has 1 aromatic carbocycles. The third-order valence-corrected chi connectivity index (χ3v) is 1.58. The lowest BCUT2D eigenvalue weighted by atomic mass is 10.0. The minimum atomic E-state index is -0.521. The van der Waals surface area contributed by atoms with Gasteiger partial charge < -0.3 is 0 Å². The van der Waals surface area contributed by atoms with Gasteiger partial charge in [-0.15, -0.1) is 0 Å². The molecule has 74 valence electrons. The summed E-state index contributed by atoms with van der Waals surface area (Å²) >= 11 is 0. The zero-order chi connectivity index (χ0) is 10.4. The fourth-order valence-corrected chi connectivity index (χ4v) is 0.970. The Kier molecular flexibility index (Phi) is 5.28. The molecule has 0 aliphatic rings. The molecule has 0 aromatic heterocycles. The summed E-state index contributed by atoms with van der Waals surface area (Å²) < 4.78 is 25.2. The average Bonchev–Trinajstić information content (AvgIpc) is 2.07. The molecular formula is C11H16F2. The van der Waals surface area contributed by atoms with Gasteiger partial charge in [0.15, 0.2) is 0 Å². The van der Waals surface area contributed by atoms with Gasteiger partial charge in [-0.2, -0.15) is 0 Å². The molecular weight excluding hydrogens is 170 g/mol. The van der Waals surface area contributed by atoms with Gasteiger partial charge in [-0.3, -0.25) is 0 Å². The molecule has 0 saturated heterocycles. The second-order valence-corrected chi connectivity index (χ2v) is 2.82. The van der Waals surface area contributed by atoms with Gasteiger partial charge in [-0.25, -0.2) is 8.78 Å². The second-order valence-electron chi connectivity index (χ2n) is 2.82. The van der Waals surface area contributed by atoms with Crippen LogP contribution in [0, 0.1) is 11.6 Å². The SMILES string of the molecule is CC.CC(C)c1ccc(F)cc1F. The highest BCUT2D eigenvalue weighted by Gasteiger charge is 2.06. The minimum absolute atomic E-state index is 0.107. The molecule has 0 amide bonds. The number of hydrogen-bond acceptors (Lipinski definition) is 0. The van der Waals surface area contributed by atoms with Crippen molar-refractivity contribution in [2.45, 2.75) is 33.6 Å². The molecule has 0 aliphatic carbocycles. The Morgan fingerprint density at radius 2 is 1.62 bits per heavy atom. The summed E-state index contributed by atoms with van der Waals surface area (Å²) in [6.07, 6.45) is 0. The fourth-order valence-electron chi connectivity index (χ4n) is 0.970. The lowest BCUT2D eigenvalue weighted by molar-refractivity contribution is 0.565. The van der Waals surface area contributed by atoms with E-state index in [1.165, 1.54) is 12.1 Å². The van der Waals surface area contributed by atoms with Crippen molar-refractivity contribution >= 4 is 0 Å². The smallest absolute Gasteiger partial charge is 0.129 e. The molecule has 0 fully saturated rings. The molecule has 0 heterocycles. The molecule has 0 nitrogen and oxygen atoms in total. The van der Waals surface area contributed by atoms with Gasteiger partial charge in [0.25, 0.3) is 0 Å². The van der Waals surface area contributed by atoms with Crippen LogP contribution in [0.4, 0.5) is 8.78 Å². The maximum atomic E-state index is 12.9. The molecule has 0 bridgehead atoms. The van der Waals surface area contributed by atoms with Crippen LogP contribution < -0.4 is 0 Å². The van der Waals surface area contributed by atoms with Crippen LogP contribution in [0.1, 0.15) is 39.2 Å². The quantitative estimate of drug-likeness (QED) is 0.619. The van der Waals surface area contributed by atoms with Crippen molar-refractivity contribution in [1.29, 1.82) is 0 Å². The molecule has 0 spiro atoms. The first-order valence-electron chi connectivity index (χ1n) is 4.56. The van der Waals surface area contributed by atoms with Crippen LogP contribution in [0.3, 0.4) is 0 Å². The van der Waals surface area contributed by atoms with Crippen LogP contribution in [0.25, 0.3) is 0 Å². The molecule has 0 N–H and O–H groups in total. The first-order chi connectivity index (χ1) is 6.11. The summed E-state index contributed by atoms with van der Waals surface area (Å²) in [6, 6.07) is 3.67. The van der Waals surface area contributed by atoms with Crippen LogP contribution in [0.2, 0.25) is 0 Å². The van der Waals surface area contributed by atoms with Crippen LogP contribution in [0.5, 0.6) is 0 Å². The molecule has 0 aliphatic heterocycles. The van der Waals surface area contributed by atoms with Crippen molar-refractivity contribution in [3.05, 3.63) is 35.4 Å². The summed E-state index contributed by atoms with van der Waals surface area (Å²) in [7, 11) is 0. The maximum Gasteiger partial charge on any atom is 0.129 e. The van der Waals surface area contributed by atoms with E-state index in [4.69, 9.17) is 0 Å². The Balaban J connectivity index is 0.000000671. The van der Waals surface area contributed by atoms with Gasteiger partial charge >= 0.3 is 0 Å². The maximum absolute atomic E-state index is 12.9. The van der Waals surface area contributed by atoms with Crippen LogP contribution in [0.15, 0.2) is 18.2 Å². The third-order valence-electron chi connectivity index (χ3n) is 1.58. The van der Waals surface area contributed by atoms with E-state index in [0.717, 1.165) is 6.07 Å². The fraction of sp³-hybridized carbons (Fsp3) is 0.455. The van der Waals surface area contributed by atoms with Crippen molar-refractivity contribution in [2.24, 2.45) is 0 Å². The predicted octanol–water partition coefficient (Wildman–Crippen LogP) is 4.11. The molecule has 2 heteroatoms. The van der Waals surface area contributed by atoms with Crippen LogP contribution in [-0.2, 0) is 0 Å². The topological polar surface area (TPSA) is 0 Å². The van der Waals surface area contributed by atoms with Crippen molar-refractivity contribution in [3.63, 3.8) is 0 Å². The Hall–Kier alpha value is -0.920. The van der Waals surface area contributed by atoms with Gasteiger partial charge in [-0.1, -0.05) is 33.8 Å². The first kappa shape index (κ1) is 12.1. The Labute approximate surface area is 78.6 Å². The number of benzene rings is 1.